The van der Waals surface area contributed by atoms with E-state index in [9.17, 15) is 14.7 Å². The van der Waals surface area contributed by atoms with Crippen molar-refractivity contribution in [2.24, 2.45) is 0 Å². The van der Waals surface area contributed by atoms with Gasteiger partial charge in [-0.2, -0.15) is 0 Å². The third kappa shape index (κ3) is 5.30. The molecule has 33 heavy (non-hydrogen) atoms. The summed E-state index contributed by atoms with van der Waals surface area (Å²) in [5.41, 5.74) is 1.40. The van der Waals surface area contributed by atoms with Gasteiger partial charge in [0.05, 0.1) is 24.5 Å². The van der Waals surface area contributed by atoms with Gasteiger partial charge in [0.25, 0.3) is 11.7 Å². The summed E-state index contributed by atoms with van der Waals surface area (Å²) < 4.78 is 16.9. The Bertz CT molecular complexity index is 1010. The Morgan fingerprint density at radius 1 is 1.18 bits per heavy atom. The van der Waals surface area contributed by atoms with Gasteiger partial charge in [-0.05, 0) is 69.0 Å². The molecule has 2 aromatic rings. The zero-order valence-electron chi connectivity index (χ0n) is 20.0. The summed E-state index contributed by atoms with van der Waals surface area (Å²) in [6.45, 7) is 11.1. The Hall–Kier alpha value is -3.06. The lowest BCUT2D eigenvalue weighted by Crippen LogP contribution is -2.31. The summed E-state index contributed by atoms with van der Waals surface area (Å²) in [6, 6.07) is 7.91. The normalized spacial score (nSPS) is 18.0. The molecule has 1 N–H and O–H groups in total. The first-order valence-corrected chi connectivity index (χ1v) is 11.5. The molecule has 0 radical (unpaired) electrons. The lowest BCUT2D eigenvalue weighted by Gasteiger charge is -2.23. The summed E-state index contributed by atoms with van der Waals surface area (Å²) in [4.78, 5) is 27.4. The van der Waals surface area contributed by atoms with E-state index in [-0.39, 0.29) is 23.4 Å². The molecule has 1 aliphatic heterocycles. The third-order valence-corrected chi connectivity index (χ3v) is 5.55. The van der Waals surface area contributed by atoms with E-state index in [1.807, 2.05) is 40.7 Å². The molecule has 1 aromatic heterocycles. The Morgan fingerprint density at radius 3 is 2.55 bits per heavy atom. The SMILES string of the molecule is CCOc1ccc(/C(O)=C2/C(=O)C(=O)N(CCCOC(C)C)C2c2ccco2)cc1C(C)C. The Labute approximate surface area is 195 Å². The predicted octanol–water partition coefficient (Wildman–Crippen LogP) is 5.04. The highest BCUT2D eigenvalue weighted by molar-refractivity contribution is 6.46. The van der Waals surface area contributed by atoms with Gasteiger partial charge in [0.1, 0.15) is 23.3 Å². The Balaban J connectivity index is 2.02. The van der Waals surface area contributed by atoms with Crippen LogP contribution in [0.5, 0.6) is 5.75 Å². The second-order valence-electron chi connectivity index (χ2n) is 8.62. The van der Waals surface area contributed by atoms with E-state index in [2.05, 4.69) is 0 Å². The molecule has 1 unspecified atom stereocenters. The van der Waals surface area contributed by atoms with Crippen molar-refractivity contribution in [2.75, 3.05) is 19.8 Å². The Morgan fingerprint density at radius 2 is 1.94 bits per heavy atom. The molecule has 0 spiro atoms. The first kappa shape index (κ1) is 24.6. The minimum absolute atomic E-state index is 0.0265. The van der Waals surface area contributed by atoms with Crippen molar-refractivity contribution in [1.82, 2.24) is 4.90 Å². The number of Topliss-reactive ketones (excluding diaryl/α,β-unsaturated/α-hetero) is 1. The number of amides is 1. The highest BCUT2D eigenvalue weighted by Crippen LogP contribution is 2.40. The minimum Gasteiger partial charge on any atom is -0.507 e. The second-order valence-corrected chi connectivity index (χ2v) is 8.62. The van der Waals surface area contributed by atoms with Crippen LogP contribution in [0.1, 0.15) is 69.9 Å². The minimum atomic E-state index is -0.798. The monoisotopic (exact) mass is 455 g/mol. The largest absolute Gasteiger partial charge is 0.507 e. The van der Waals surface area contributed by atoms with E-state index in [1.165, 1.54) is 11.2 Å². The van der Waals surface area contributed by atoms with Crippen molar-refractivity contribution in [2.45, 2.75) is 59.1 Å². The van der Waals surface area contributed by atoms with Crippen LogP contribution in [0.2, 0.25) is 0 Å². The van der Waals surface area contributed by atoms with Crippen molar-refractivity contribution in [3.8, 4) is 5.75 Å². The average molecular weight is 456 g/mol. The van der Waals surface area contributed by atoms with E-state index < -0.39 is 17.7 Å². The smallest absolute Gasteiger partial charge is 0.295 e. The van der Waals surface area contributed by atoms with E-state index in [0.29, 0.717) is 37.5 Å². The van der Waals surface area contributed by atoms with E-state index >= 15 is 0 Å². The van der Waals surface area contributed by atoms with Crippen molar-refractivity contribution in [1.29, 1.82) is 0 Å². The fourth-order valence-electron chi connectivity index (χ4n) is 4.00. The number of likely N-dealkylation sites (tertiary alicyclic amines) is 1. The number of benzene rings is 1. The first-order valence-electron chi connectivity index (χ1n) is 11.5. The number of carbonyl (C=O) groups excluding carboxylic acids is 2. The first-order chi connectivity index (χ1) is 15.8. The maximum atomic E-state index is 13.1. The van der Waals surface area contributed by atoms with Gasteiger partial charge >= 0.3 is 0 Å². The number of furan rings is 1. The van der Waals surface area contributed by atoms with Crippen LogP contribution in [0.4, 0.5) is 0 Å². The van der Waals surface area contributed by atoms with Gasteiger partial charge in [0.15, 0.2) is 0 Å². The van der Waals surface area contributed by atoms with Gasteiger partial charge in [0, 0.05) is 18.7 Å². The van der Waals surface area contributed by atoms with Crippen LogP contribution in [0.15, 0.2) is 46.6 Å². The zero-order chi connectivity index (χ0) is 24.1. The molecule has 0 saturated carbocycles. The summed E-state index contributed by atoms with van der Waals surface area (Å²) in [6.07, 6.45) is 2.13. The number of ketones is 1. The molecule has 178 valence electrons. The molecule has 1 aliphatic rings. The van der Waals surface area contributed by atoms with Crippen molar-refractivity contribution in [3.63, 3.8) is 0 Å². The summed E-state index contributed by atoms with van der Waals surface area (Å²) in [5, 5.41) is 11.2. The van der Waals surface area contributed by atoms with Gasteiger partial charge in [-0.3, -0.25) is 9.59 Å². The molecule has 3 rings (SSSR count). The standard InChI is InChI=1S/C26H33NO6/c1-6-31-20-11-10-18(15-19(20)16(2)3)24(28)22-23(21-9-7-13-33-21)27(26(30)25(22)29)12-8-14-32-17(4)5/h7,9-11,13,15-17,23,28H,6,8,12,14H2,1-5H3/b24-22-. The summed E-state index contributed by atoms with van der Waals surface area (Å²) >= 11 is 0. The second kappa shape index (κ2) is 10.7. The molecule has 1 atom stereocenters. The van der Waals surface area contributed by atoms with Crippen LogP contribution in [-0.4, -0.2) is 47.6 Å². The molecule has 2 heterocycles. The molecule has 0 aliphatic carbocycles. The van der Waals surface area contributed by atoms with Crippen molar-refractivity contribution in [3.05, 3.63) is 59.1 Å². The number of hydrogen-bond donors (Lipinski definition) is 1. The summed E-state index contributed by atoms with van der Waals surface area (Å²) in [7, 11) is 0. The third-order valence-electron chi connectivity index (χ3n) is 5.55. The number of aliphatic hydroxyl groups excluding tert-OH is 1. The highest BCUT2D eigenvalue weighted by Gasteiger charge is 2.47. The maximum Gasteiger partial charge on any atom is 0.295 e. The highest BCUT2D eigenvalue weighted by atomic mass is 16.5. The van der Waals surface area contributed by atoms with Crippen LogP contribution in [-0.2, 0) is 14.3 Å². The van der Waals surface area contributed by atoms with Crippen LogP contribution in [0.3, 0.4) is 0 Å². The molecule has 1 amide bonds. The van der Waals surface area contributed by atoms with Crippen LogP contribution in [0.25, 0.3) is 5.76 Å². The molecule has 1 saturated heterocycles. The van der Waals surface area contributed by atoms with Gasteiger partial charge in [-0.25, -0.2) is 0 Å². The average Bonchev–Trinajstić information content (AvgIpc) is 3.38. The summed E-state index contributed by atoms with van der Waals surface area (Å²) in [5.74, 6) is -0.298. The van der Waals surface area contributed by atoms with Gasteiger partial charge < -0.3 is 23.9 Å². The number of ether oxygens (including phenoxy) is 2. The maximum absolute atomic E-state index is 13.1. The number of hydrogen-bond acceptors (Lipinski definition) is 6. The van der Waals surface area contributed by atoms with E-state index in [4.69, 9.17) is 13.9 Å². The fraction of sp³-hybridized carbons (Fsp3) is 0.462. The molecule has 1 aromatic carbocycles. The molecule has 0 bridgehead atoms. The van der Waals surface area contributed by atoms with E-state index in [1.54, 1.807) is 24.3 Å². The van der Waals surface area contributed by atoms with Crippen molar-refractivity contribution < 1.29 is 28.6 Å². The van der Waals surface area contributed by atoms with Crippen LogP contribution >= 0.6 is 0 Å². The number of aliphatic hydroxyl groups is 1. The number of carbonyl (C=O) groups is 2. The van der Waals surface area contributed by atoms with Crippen molar-refractivity contribution >= 4 is 17.4 Å². The number of nitrogens with zero attached hydrogens (tertiary/aromatic N) is 1. The molecular formula is C26H33NO6. The molecular weight excluding hydrogens is 422 g/mol. The van der Waals surface area contributed by atoms with E-state index in [0.717, 1.165) is 11.3 Å². The fourth-order valence-corrected chi connectivity index (χ4v) is 4.00. The quantitative estimate of drug-likeness (QED) is 0.234. The number of rotatable bonds is 10. The van der Waals surface area contributed by atoms with Gasteiger partial charge in [-0.15, -0.1) is 0 Å². The molecule has 7 heteroatoms. The topological polar surface area (TPSA) is 89.2 Å². The predicted molar refractivity (Wildman–Crippen MR) is 125 cm³/mol. The van der Waals surface area contributed by atoms with Crippen LogP contribution < -0.4 is 4.74 Å². The molecule has 1 fully saturated rings. The zero-order valence-corrected chi connectivity index (χ0v) is 20.0. The van der Waals surface area contributed by atoms with Crippen LogP contribution in [0, 0.1) is 0 Å². The lowest BCUT2D eigenvalue weighted by atomic mass is 9.95. The Kier molecular flexibility index (Phi) is 7.97. The van der Waals surface area contributed by atoms with Gasteiger partial charge in [0.2, 0.25) is 0 Å². The molecule has 7 nitrogen and oxygen atoms in total. The lowest BCUT2D eigenvalue weighted by molar-refractivity contribution is -0.140. The van der Waals surface area contributed by atoms with Gasteiger partial charge in [-0.1, -0.05) is 13.8 Å².